The van der Waals surface area contributed by atoms with E-state index in [1.54, 1.807) is 4.90 Å². The molecule has 2 saturated heterocycles. The van der Waals surface area contributed by atoms with Crippen molar-refractivity contribution < 1.29 is 18.3 Å². The fourth-order valence-corrected chi connectivity index (χ4v) is 4.62. The van der Waals surface area contributed by atoms with Gasteiger partial charge in [-0.2, -0.15) is 0 Å². The largest absolute Gasteiger partial charge is 0.395 e. The van der Waals surface area contributed by atoms with Crippen molar-refractivity contribution in [3.63, 3.8) is 0 Å². The first-order valence-corrected chi connectivity index (χ1v) is 8.65. The molecular weight excluding hydrogens is 268 g/mol. The zero-order valence-corrected chi connectivity index (χ0v) is 11.9. The minimum atomic E-state index is -3.01. The number of carbonyl (C=O) groups is 1. The molecule has 6 nitrogen and oxygen atoms in total. The Kier molecular flexibility index (Phi) is 4.81. The second-order valence-corrected chi connectivity index (χ2v) is 7.66. The fraction of sp³-hybridized carbons (Fsp3) is 0.917. The molecule has 0 aliphatic carbocycles. The maximum Gasteiger partial charge on any atom is 0.223 e. The van der Waals surface area contributed by atoms with Crippen molar-refractivity contribution in [3.8, 4) is 0 Å². The van der Waals surface area contributed by atoms with Crippen LogP contribution in [0.5, 0.6) is 0 Å². The first-order chi connectivity index (χ1) is 9.02. The van der Waals surface area contributed by atoms with Gasteiger partial charge in [-0.3, -0.25) is 4.79 Å². The summed E-state index contributed by atoms with van der Waals surface area (Å²) in [5.41, 5.74) is 0. The molecule has 0 bridgehead atoms. The molecule has 2 aliphatic heterocycles. The third-order valence-electron chi connectivity index (χ3n) is 3.94. The monoisotopic (exact) mass is 290 g/mol. The van der Waals surface area contributed by atoms with Crippen molar-refractivity contribution in [1.29, 1.82) is 0 Å². The van der Waals surface area contributed by atoms with Gasteiger partial charge in [0.2, 0.25) is 5.91 Å². The van der Waals surface area contributed by atoms with Crippen molar-refractivity contribution >= 4 is 15.7 Å². The van der Waals surface area contributed by atoms with Crippen molar-refractivity contribution in [2.75, 3.05) is 37.7 Å². The van der Waals surface area contributed by atoms with Crippen LogP contribution in [-0.4, -0.2) is 68.1 Å². The first-order valence-electron chi connectivity index (χ1n) is 6.83. The summed E-state index contributed by atoms with van der Waals surface area (Å²) in [5.74, 6) is 0.510. The summed E-state index contributed by atoms with van der Waals surface area (Å²) in [6, 6.07) is -0.251. The molecule has 2 rings (SSSR count). The van der Waals surface area contributed by atoms with Gasteiger partial charge in [0, 0.05) is 19.0 Å². The second-order valence-electron chi connectivity index (χ2n) is 5.43. The van der Waals surface area contributed by atoms with Crippen LogP contribution in [0.1, 0.15) is 19.3 Å². The molecule has 2 unspecified atom stereocenters. The number of sulfone groups is 1. The van der Waals surface area contributed by atoms with Gasteiger partial charge in [-0.05, 0) is 31.8 Å². The molecule has 7 heteroatoms. The molecule has 2 atom stereocenters. The Morgan fingerprint density at radius 2 is 2.16 bits per heavy atom. The Morgan fingerprint density at radius 3 is 2.68 bits per heavy atom. The van der Waals surface area contributed by atoms with E-state index < -0.39 is 9.84 Å². The van der Waals surface area contributed by atoms with Gasteiger partial charge in [-0.1, -0.05) is 0 Å². The standard InChI is InChI=1S/C12H22N2O4S/c15-5-4-14(11-2-6-19(17,18)9-11)12(16)7-10-1-3-13-8-10/h10-11,13,15H,1-9H2. The average Bonchev–Trinajstić information content (AvgIpc) is 2.95. The molecule has 110 valence electrons. The quantitative estimate of drug-likeness (QED) is 0.678. The highest BCUT2D eigenvalue weighted by Gasteiger charge is 2.35. The van der Waals surface area contributed by atoms with E-state index in [0.29, 0.717) is 18.8 Å². The van der Waals surface area contributed by atoms with Crippen molar-refractivity contribution in [2.45, 2.75) is 25.3 Å². The van der Waals surface area contributed by atoms with Gasteiger partial charge in [0.25, 0.3) is 0 Å². The molecule has 1 amide bonds. The van der Waals surface area contributed by atoms with E-state index in [4.69, 9.17) is 5.11 Å². The predicted molar refractivity (Wildman–Crippen MR) is 71.5 cm³/mol. The minimum absolute atomic E-state index is 0.0233. The summed E-state index contributed by atoms with van der Waals surface area (Å²) in [4.78, 5) is 13.9. The van der Waals surface area contributed by atoms with Crippen molar-refractivity contribution in [1.82, 2.24) is 10.2 Å². The lowest BCUT2D eigenvalue weighted by Crippen LogP contribution is -2.43. The van der Waals surface area contributed by atoms with Gasteiger partial charge in [-0.15, -0.1) is 0 Å². The zero-order chi connectivity index (χ0) is 13.9. The zero-order valence-electron chi connectivity index (χ0n) is 11.0. The Bertz CT molecular complexity index is 417. The smallest absolute Gasteiger partial charge is 0.223 e. The van der Waals surface area contributed by atoms with E-state index in [1.165, 1.54) is 0 Å². The van der Waals surface area contributed by atoms with Gasteiger partial charge in [0.1, 0.15) is 0 Å². The Morgan fingerprint density at radius 1 is 1.37 bits per heavy atom. The number of carbonyl (C=O) groups excluding carboxylic acids is 1. The molecule has 0 aromatic carbocycles. The molecule has 2 aliphatic rings. The highest BCUT2D eigenvalue weighted by Crippen LogP contribution is 2.21. The molecule has 0 aromatic rings. The number of aliphatic hydroxyl groups excluding tert-OH is 1. The van der Waals surface area contributed by atoms with E-state index >= 15 is 0 Å². The van der Waals surface area contributed by atoms with Crippen LogP contribution in [0.15, 0.2) is 0 Å². The summed E-state index contributed by atoms with van der Waals surface area (Å²) in [6.45, 7) is 1.90. The summed E-state index contributed by atoms with van der Waals surface area (Å²) in [7, 11) is -3.01. The lowest BCUT2D eigenvalue weighted by atomic mass is 10.0. The van der Waals surface area contributed by atoms with E-state index in [2.05, 4.69) is 5.32 Å². The van der Waals surface area contributed by atoms with Crippen LogP contribution in [0.4, 0.5) is 0 Å². The molecule has 0 aromatic heterocycles. The first kappa shape index (κ1) is 14.7. The molecule has 0 spiro atoms. The lowest BCUT2D eigenvalue weighted by molar-refractivity contribution is -0.134. The molecule has 2 heterocycles. The number of nitrogens with one attached hydrogen (secondary N) is 1. The van der Waals surface area contributed by atoms with Crippen LogP contribution in [0.2, 0.25) is 0 Å². The van der Waals surface area contributed by atoms with Gasteiger partial charge in [-0.25, -0.2) is 8.42 Å². The number of hydrogen-bond donors (Lipinski definition) is 2. The van der Waals surface area contributed by atoms with Crippen molar-refractivity contribution in [3.05, 3.63) is 0 Å². The lowest BCUT2D eigenvalue weighted by Gasteiger charge is -2.28. The van der Waals surface area contributed by atoms with Crippen LogP contribution in [0, 0.1) is 5.92 Å². The molecule has 2 fully saturated rings. The third kappa shape index (κ3) is 3.90. The van der Waals surface area contributed by atoms with E-state index in [1.807, 2.05) is 0 Å². The van der Waals surface area contributed by atoms with Crippen LogP contribution in [0.3, 0.4) is 0 Å². The molecule has 2 N–H and O–H groups in total. The van der Waals surface area contributed by atoms with Crippen LogP contribution in [-0.2, 0) is 14.6 Å². The van der Waals surface area contributed by atoms with E-state index in [9.17, 15) is 13.2 Å². The third-order valence-corrected chi connectivity index (χ3v) is 5.69. The average molecular weight is 290 g/mol. The summed E-state index contributed by atoms with van der Waals surface area (Å²) < 4.78 is 23.0. The van der Waals surface area contributed by atoms with E-state index in [0.717, 1.165) is 19.5 Å². The van der Waals surface area contributed by atoms with Crippen LogP contribution in [0.25, 0.3) is 0 Å². The number of rotatable bonds is 5. The van der Waals surface area contributed by atoms with Gasteiger partial charge >= 0.3 is 0 Å². The normalized spacial score (nSPS) is 29.5. The Labute approximate surface area is 114 Å². The predicted octanol–water partition coefficient (Wildman–Crippen LogP) is -1.01. The molecule has 0 saturated carbocycles. The number of aliphatic hydroxyl groups is 1. The topological polar surface area (TPSA) is 86.7 Å². The van der Waals surface area contributed by atoms with Crippen molar-refractivity contribution in [2.24, 2.45) is 5.92 Å². The highest BCUT2D eigenvalue weighted by molar-refractivity contribution is 7.91. The Balaban J connectivity index is 1.96. The maximum absolute atomic E-state index is 12.3. The van der Waals surface area contributed by atoms with Crippen LogP contribution < -0.4 is 5.32 Å². The molecule has 0 radical (unpaired) electrons. The summed E-state index contributed by atoms with van der Waals surface area (Å²) in [6.07, 6.45) is 1.93. The molecular formula is C12H22N2O4S. The van der Waals surface area contributed by atoms with Gasteiger partial charge < -0.3 is 15.3 Å². The second kappa shape index (κ2) is 6.19. The number of hydrogen-bond acceptors (Lipinski definition) is 5. The Hall–Kier alpha value is -0.660. The fourth-order valence-electron chi connectivity index (χ4n) is 2.89. The number of amides is 1. The SMILES string of the molecule is O=C(CC1CCNC1)N(CCO)C1CCS(=O)(=O)C1. The number of nitrogens with zero attached hydrogens (tertiary/aromatic N) is 1. The minimum Gasteiger partial charge on any atom is -0.395 e. The van der Waals surface area contributed by atoms with Gasteiger partial charge in [0.15, 0.2) is 9.84 Å². The van der Waals surface area contributed by atoms with Crippen LogP contribution >= 0.6 is 0 Å². The summed E-state index contributed by atoms with van der Waals surface area (Å²) >= 11 is 0. The van der Waals surface area contributed by atoms with E-state index in [-0.39, 0.29) is 36.6 Å². The summed E-state index contributed by atoms with van der Waals surface area (Å²) in [5, 5.41) is 12.3. The maximum atomic E-state index is 12.3. The van der Waals surface area contributed by atoms with Gasteiger partial charge in [0.05, 0.1) is 18.1 Å². The highest BCUT2D eigenvalue weighted by atomic mass is 32.2. The molecule has 19 heavy (non-hydrogen) atoms.